The minimum Gasteiger partial charge on any atom is -0.481 e. The summed E-state index contributed by atoms with van der Waals surface area (Å²) in [7, 11) is 0. The maximum atomic E-state index is 12.6. The lowest BCUT2D eigenvalue weighted by atomic mass is 9.93. The van der Waals surface area contributed by atoms with Crippen LogP contribution in [-0.2, 0) is 4.79 Å². The number of carboxylic acid groups (broad SMARTS) is 1. The van der Waals surface area contributed by atoms with Crippen molar-refractivity contribution < 1.29 is 14.7 Å². The highest BCUT2D eigenvalue weighted by molar-refractivity contribution is 6.30. The van der Waals surface area contributed by atoms with Gasteiger partial charge in [0.05, 0.1) is 28.6 Å². The molecule has 1 amide bonds. The first kappa shape index (κ1) is 19.0. The molecule has 0 radical (unpaired) electrons. The molecule has 0 bridgehead atoms. The Balaban J connectivity index is 2.31. The third-order valence-electron chi connectivity index (χ3n) is 3.94. The minimum atomic E-state index is -1.04. The summed E-state index contributed by atoms with van der Waals surface area (Å²) in [6, 6.07) is 7.18. The summed E-state index contributed by atoms with van der Waals surface area (Å²) in [6.45, 7) is 7.11. The van der Waals surface area contributed by atoms with Crippen LogP contribution in [0.2, 0.25) is 5.02 Å². The first-order chi connectivity index (χ1) is 11.6. The van der Waals surface area contributed by atoms with E-state index < -0.39 is 11.4 Å². The molecule has 1 aromatic carbocycles. The van der Waals surface area contributed by atoms with E-state index in [1.807, 2.05) is 26.0 Å². The van der Waals surface area contributed by atoms with Gasteiger partial charge in [0.2, 0.25) is 0 Å². The number of rotatable bonds is 6. The van der Waals surface area contributed by atoms with Crippen LogP contribution in [0.1, 0.15) is 49.7 Å². The fourth-order valence-corrected chi connectivity index (χ4v) is 2.47. The number of aromatic nitrogens is 2. The van der Waals surface area contributed by atoms with Crippen LogP contribution in [0.25, 0.3) is 5.69 Å². The van der Waals surface area contributed by atoms with Crippen molar-refractivity contribution in [2.45, 2.75) is 33.6 Å². The molecule has 0 aliphatic carbocycles. The SMILES string of the molecule is CC(C)c1c(C(=O)NCC(C)(C)C(=O)O)cnn1-c1ccc(Cl)cc1. The molecular weight excluding hydrogens is 342 g/mol. The van der Waals surface area contributed by atoms with Crippen LogP contribution in [-0.4, -0.2) is 33.3 Å². The van der Waals surface area contributed by atoms with E-state index in [0.717, 1.165) is 11.4 Å². The molecule has 0 fully saturated rings. The van der Waals surface area contributed by atoms with E-state index in [1.165, 1.54) is 6.20 Å². The Morgan fingerprint density at radius 2 is 1.88 bits per heavy atom. The van der Waals surface area contributed by atoms with Crippen LogP contribution in [0.4, 0.5) is 0 Å². The number of amides is 1. The second-order valence-electron chi connectivity index (χ2n) is 6.86. The topological polar surface area (TPSA) is 84.2 Å². The van der Waals surface area contributed by atoms with Crippen LogP contribution >= 0.6 is 11.6 Å². The third-order valence-corrected chi connectivity index (χ3v) is 4.19. The molecule has 0 saturated heterocycles. The van der Waals surface area contributed by atoms with Gasteiger partial charge in [-0.1, -0.05) is 25.4 Å². The molecule has 7 heteroatoms. The average molecular weight is 364 g/mol. The van der Waals surface area contributed by atoms with E-state index in [-0.39, 0.29) is 18.4 Å². The Labute approximate surface area is 151 Å². The van der Waals surface area contributed by atoms with Crippen molar-refractivity contribution in [2.75, 3.05) is 6.54 Å². The second-order valence-corrected chi connectivity index (χ2v) is 7.29. The van der Waals surface area contributed by atoms with Crippen LogP contribution in [0, 0.1) is 5.41 Å². The molecule has 25 heavy (non-hydrogen) atoms. The van der Waals surface area contributed by atoms with Crippen molar-refractivity contribution in [3.63, 3.8) is 0 Å². The Morgan fingerprint density at radius 3 is 2.40 bits per heavy atom. The molecule has 0 aliphatic heterocycles. The maximum absolute atomic E-state index is 12.6. The van der Waals surface area contributed by atoms with Gasteiger partial charge in [0.1, 0.15) is 0 Å². The van der Waals surface area contributed by atoms with E-state index in [2.05, 4.69) is 10.4 Å². The van der Waals surface area contributed by atoms with Gasteiger partial charge in [-0.2, -0.15) is 5.10 Å². The van der Waals surface area contributed by atoms with Gasteiger partial charge in [-0.15, -0.1) is 0 Å². The van der Waals surface area contributed by atoms with E-state index >= 15 is 0 Å². The number of halogens is 1. The van der Waals surface area contributed by atoms with Crippen molar-refractivity contribution in [3.8, 4) is 5.69 Å². The standard InChI is InChI=1S/C18H22ClN3O3/c1-11(2)15-14(16(23)20-10-18(3,4)17(24)25)9-21-22(15)13-7-5-12(19)6-8-13/h5-9,11H,10H2,1-4H3,(H,20,23)(H,24,25). The lowest BCUT2D eigenvalue weighted by Crippen LogP contribution is -2.39. The summed E-state index contributed by atoms with van der Waals surface area (Å²) in [4.78, 5) is 23.7. The molecule has 1 aromatic heterocycles. The molecule has 0 unspecified atom stereocenters. The summed E-state index contributed by atoms with van der Waals surface area (Å²) in [5.74, 6) is -1.25. The number of aliphatic carboxylic acids is 1. The fourth-order valence-electron chi connectivity index (χ4n) is 2.35. The molecule has 2 rings (SSSR count). The lowest BCUT2D eigenvalue weighted by Gasteiger charge is -2.20. The quantitative estimate of drug-likeness (QED) is 0.822. The maximum Gasteiger partial charge on any atom is 0.310 e. The Morgan fingerprint density at radius 1 is 1.28 bits per heavy atom. The molecule has 6 nitrogen and oxygen atoms in total. The van der Waals surface area contributed by atoms with Crippen LogP contribution in [0.3, 0.4) is 0 Å². The first-order valence-corrected chi connectivity index (χ1v) is 8.36. The highest BCUT2D eigenvalue weighted by atomic mass is 35.5. The largest absolute Gasteiger partial charge is 0.481 e. The molecule has 0 aliphatic rings. The number of carboxylic acids is 1. The Hall–Kier alpha value is -2.34. The van der Waals surface area contributed by atoms with Crippen molar-refractivity contribution in [2.24, 2.45) is 5.41 Å². The fraction of sp³-hybridized carbons (Fsp3) is 0.389. The van der Waals surface area contributed by atoms with Gasteiger partial charge >= 0.3 is 5.97 Å². The van der Waals surface area contributed by atoms with Crippen molar-refractivity contribution in [3.05, 3.63) is 46.7 Å². The zero-order chi connectivity index (χ0) is 18.8. The predicted octanol–water partition coefficient (Wildman–Crippen LogP) is 3.49. The van der Waals surface area contributed by atoms with E-state index in [1.54, 1.807) is 30.7 Å². The van der Waals surface area contributed by atoms with Crippen molar-refractivity contribution >= 4 is 23.5 Å². The highest BCUT2D eigenvalue weighted by Gasteiger charge is 2.29. The number of nitrogens with zero attached hydrogens (tertiary/aromatic N) is 2. The monoisotopic (exact) mass is 363 g/mol. The molecule has 0 saturated carbocycles. The van der Waals surface area contributed by atoms with E-state index in [0.29, 0.717) is 10.6 Å². The summed E-state index contributed by atoms with van der Waals surface area (Å²) < 4.78 is 1.71. The molecule has 134 valence electrons. The van der Waals surface area contributed by atoms with Crippen LogP contribution < -0.4 is 5.32 Å². The molecule has 0 spiro atoms. The van der Waals surface area contributed by atoms with Crippen LogP contribution in [0.15, 0.2) is 30.5 Å². The summed E-state index contributed by atoms with van der Waals surface area (Å²) in [5.41, 5.74) is 0.955. The molecule has 2 N–H and O–H groups in total. The first-order valence-electron chi connectivity index (χ1n) is 7.99. The number of benzene rings is 1. The highest BCUT2D eigenvalue weighted by Crippen LogP contribution is 2.24. The predicted molar refractivity (Wildman–Crippen MR) is 96.4 cm³/mol. The van der Waals surface area contributed by atoms with Gasteiger partial charge in [0.25, 0.3) is 5.91 Å². The number of carbonyl (C=O) groups is 2. The number of hydrogen-bond donors (Lipinski definition) is 2. The second kappa shape index (κ2) is 7.27. The minimum absolute atomic E-state index is 0.0326. The molecule has 0 atom stereocenters. The summed E-state index contributed by atoms with van der Waals surface area (Å²) in [6.07, 6.45) is 1.51. The zero-order valence-corrected chi connectivity index (χ0v) is 15.5. The summed E-state index contributed by atoms with van der Waals surface area (Å²) in [5, 5.41) is 16.8. The number of hydrogen-bond acceptors (Lipinski definition) is 3. The summed E-state index contributed by atoms with van der Waals surface area (Å²) >= 11 is 5.92. The average Bonchev–Trinajstić information content (AvgIpc) is 2.98. The normalized spacial score (nSPS) is 11.6. The van der Waals surface area contributed by atoms with Gasteiger partial charge in [-0.25, -0.2) is 4.68 Å². The molecular formula is C18H22ClN3O3. The van der Waals surface area contributed by atoms with Gasteiger partial charge < -0.3 is 10.4 Å². The van der Waals surface area contributed by atoms with E-state index in [9.17, 15) is 9.59 Å². The smallest absolute Gasteiger partial charge is 0.310 e. The molecule has 2 aromatic rings. The number of carbonyl (C=O) groups excluding carboxylic acids is 1. The third kappa shape index (κ3) is 4.20. The van der Waals surface area contributed by atoms with Crippen molar-refractivity contribution in [1.82, 2.24) is 15.1 Å². The molecule has 1 heterocycles. The van der Waals surface area contributed by atoms with Crippen LogP contribution in [0.5, 0.6) is 0 Å². The zero-order valence-electron chi connectivity index (χ0n) is 14.7. The van der Waals surface area contributed by atoms with Crippen molar-refractivity contribution in [1.29, 1.82) is 0 Å². The van der Waals surface area contributed by atoms with Gasteiger partial charge in [-0.05, 0) is 44.0 Å². The van der Waals surface area contributed by atoms with Gasteiger partial charge in [0, 0.05) is 11.6 Å². The van der Waals surface area contributed by atoms with Gasteiger partial charge in [-0.3, -0.25) is 9.59 Å². The van der Waals surface area contributed by atoms with Gasteiger partial charge in [0.15, 0.2) is 0 Å². The lowest BCUT2D eigenvalue weighted by molar-refractivity contribution is -0.146. The number of nitrogens with one attached hydrogen (secondary N) is 1. The Bertz CT molecular complexity index is 779. The Kier molecular flexibility index (Phi) is 5.52. The van der Waals surface area contributed by atoms with E-state index in [4.69, 9.17) is 16.7 Å².